The summed E-state index contributed by atoms with van der Waals surface area (Å²) in [5.41, 5.74) is 1.99. The smallest absolute Gasteiger partial charge is 0.407 e. The van der Waals surface area contributed by atoms with E-state index >= 15 is 0 Å². The Kier molecular flexibility index (Phi) is 8.38. The fourth-order valence-electron chi connectivity index (χ4n) is 3.52. The quantitative estimate of drug-likeness (QED) is 0.604. The Morgan fingerprint density at radius 3 is 2.62 bits per heavy atom. The molecule has 0 radical (unpaired) electrons. The summed E-state index contributed by atoms with van der Waals surface area (Å²) in [5.74, 6) is 1.43. The minimum atomic E-state index is -0.395. The molecule has 1 saturated heterocycles. The molecule has 0 bridgehead atoms. The lowest BCUT2D eigenvalue weighted by Crippen LogP contribution is -2.31. The van der Waals surface area contributed by atoms with Crippen molar-refractivity contribution in [2.24, 2.45) is 5.92 Å². The van der Waals surface area contributed by atoms with E-state index in [2.05, 4.69) is 17.6 Å². The van der Waals surface area contributed by atoms with Crippen molar-refractivity contribution in [2.45, 2.75) is 38.6 Å². The van der Waals surface area contributed by atoms with Crippen molar-refractivity contribution < 1.29 is 14.3 Å². The van der Waals surface area contributed by atoms with Crippen LogP contribution >= 0.6 is 0 Å². The van der Waals surface area contributed by atoms with Crippen LogP contribution < -0.4 is 15.4 Å². The number of hydrogen-bond acceptors (Lipinski definition) is 4. The minimum Gasteiger partial charge on any atom is -0.493 e. The zero-order chi connectivity index (χ0) is 20.3. The SMILES string of the molecule is CCCCOC(=O)NC(c1ccccc1)c1cccc(OCC2CCNCC2)c1. The summed E-state index contributed by atoms with van der Waals surface area (Å²) in [6.07, 6.45) is 3.76. The van der Waals surface area contributed by atoms with E-state index in [1.165, 1.54) is 0 Å². The van der Waals surface area contributed by atoms with E-state index in [1.54, 1.807) is 0 Å². The molecule has 1 aliphatic heterocycles. The van der Waals surface area contributed by atoms with E-state index in [0.717, 1.165) is 62.3 Å². The zero-order valence-corrected chi connectivity index (χ0v) is 17.2. The molecule has 1 aliphatic rings. The first-order valence-corrected chi connectivity index (χ1v) is 10.7. The number of rotatable bonds is 9. The molecule has 1 atom stereocenters. The van der Waals surface area contributed by atoms with Gasteiger partial charge in [-0.05, 0) is 61.5 Å². The van der Waals surface area contributed by atoms with Gasteiger partial charge in [-0.15, -0.1) is 0 Å². The van der Waals surface area contributed by atoms with Crippen LogP contribution in [0.15, 0.2) is 54.6 Å². The predicted molar refractivity (Wildman–Crippen MR) is 115 cm³/mol. The van der Waals surface area contributed by atoms with Gasteiger partial charge in [0.15, 0.2) is 0 Å². The Morgan fingerprint density at radius 1 is 1.10 bits per heavy atom. The van der Waals surface area contributed by atoms with Crippen LogP contribution in [0.1, 0.15) is 49.8 Å². The van der Waals surface area contributed by atoms with Gasteiger partial charge in [0.05, 0.1) is 19.3 Å². The van der Waals surface area contributed by atoms with E-state index in [4.69, 9.17) is 9.47 Å². The van der Waals surface area contributed by atoms with Crippen LogP contribution in [-0.2, 0) is 4.74 Å². The molecule has 2 aromatic carbocycles. The number of nitrogens with one attached hydrogen (secondary N) is 2. The third-order valence-corrected chi connectivity index (χ3v) is 5.26. The van der Waals surface area contributed by atoms with E-state index < -0.39 is 6.09 Å². The molecule has 5 nitrogen and oxygen atoms in total. The molecule has 5 heteroatoms. The van der Waals surface area contributed by atoms with E-state index in [0.29, 0.717) is 12.5 Å². The van der Waals surface area contributed by atoms with E-state index in [1.807, 2.05) is 54.6 Å². The van der Waals surface area contributed by atoms with Crippen LogP contribution in [0.4, 0.5) is 4.79 Å². The predicted octanol–water partition coefficient (Wildman–Crippen LogP) is 4.68. The van der Waals surface area contributed by atoms with Gasteiger partial charge in [-0.25, -0.2) is 4.79 Å². The highest BCUT2D eigenvalue weighted by Crippen LogP contribution is 2.26. The van der Waals surface area contributed by atoms with Crippen molar-refractivity contribution in [3.8, 4) is 5.75 Å². The summed E-state index contributed by atoms with van der Waals surface area (Å²) in [7, 11) is 0. The molecule has 1 heterocycles. The number of unbranched alkanes of at least 4 members (excludes halogenated alkanes) is 1. The molecule has 29 heavy (non-hydrogen) atoms. The zero-order valence-electron chi connectivity index (χ0n) is 17.2. The topological polar surface area (TPSA) is 59.6 Å². The molecular formula is C24H32N2O3. The van der Waals surface area contributed by atoms with Gasteiger partial charge in [-0.2, -0.15) is 0 Å². The molecule has 1 fully saturated rings. The normalized spacial score (nSPS) is 15.5. The van der Waals surface area contributed by atoms with Gasteiger partial charge in [-0.1, -0.05) is 55.8 Å². The highest BCUT2D eigenvalue weighted by atomic mass is 16.5. The van der Waals surface area contributed by atoms with Gasteiger partial charge in [0, 0.05) is 0 Å². The second kappa shape index (κ2) is 11.5. The average molecular weight is 397 g/mol. The largest absolute Gasteiger partial charge is 0.493 e. The van der Waals surface area contributed by atoms with Crippen LogP contribution in [0.25, 0.3) is 0 Å². The summed E-state index contributed by atoms with van der Waals surface area (Å²) >= 11 is 0. The number of piperidine rings is 1. The Hall–Kier alpha value is -2.53. The summed E-state index contributed by atoms with van der Waals surface area (Å²) in [6, 6.07) is 17.7. The van der Waals surface area contributed by atoms with E-state index in [-0.39, 0.29) is 6.04 Å². The van der Waals surface area contributed by atoms with Gasteiger partial charge in [0.2, 0.25) is 0 Å². The van der Waals surface area contributed by atoms with Gasteiger partial charge < -0.3 is 20.1 Å². The first-order chi connectivity index (χ1) is 14.3. The molecule has 2 N–H and O–H groups in total. The molecule has 1 unspecified atom stereocenters. The molecule has 3 rings (SSSR count). The average Bonchev–Trinajstić information content (AvgIpc) is 2.78. The number of ether oxygens (including phenoxy) is 2. The van der Waals surface area contributed by atoms with Gasteiger partial charge in [-0.3, -0.25) is 0 Å². The number of hydrogen-bond donors (Lipinski definition) is 2. The van der Waals surface area contributed by atoms with Gasteiger partial charge >= 0.3 is 6.09 Å². The molecule has 1 amide bonds. The first kappa shape index (κ1) is 21.2. The standard InChI is InChI=1S/C24H32N2O3/c1-2-3-16-28-24(27)26-23(20-8-5-4-6-9-20)21-10-7-11-22(17-21)29-18-19-12-14-25-15-13-19/h4-11,17,19,23,25H,2-3,12-16,18H2,1H3,(H,26,27). The number of carbonyl (C=O) groups is 1. The Bertz CT molecular complexity index is 745. The van der Waals surface area contributed by atoms with Crippen LogP contribution in [0, 0.1) is 5.92 Å². The van der Waals surface area contributed by atoms with Gasteiger partial charge in [0.1, 0.15) is 5.75 Å². The number of alkyl carbamates (subject to hydrolysis) is 1. The molecule has 0 aliphatic carbocycles. The molecule has 0 aromatic heterocycles. The van der Waals surface area contributed by atoms with Crippen LogP contribution in [0.3, 0.4) is 0 Å². The van der Waals surface area contributed by atoms with Crippen molar-refractivity contribution >= 4 is 6.09 Å². The van der Waals surface area contributed by atoms with Crippen molar-refractivity contribution in [2.75, 3.05) is 26.3 Å². The minimum absolute atomic E-state index is 0.284. The monoisotopic (exact) mass is 396 g/mol. The maximum atomic E-state index is 12.3. The Morgan fingerprint density at radius 2 is 1.86 bits per heavy atom. The molecule has 2 aromatic rings. The van der Waals surface area contributed by atoms with Gasteiger partial charge in [0.25, 0.3) is 0 Å². The van der Waals surface area contributed by atoms with E-state index in [9.17, 15) is 4.79 Å². The third-order valence-electron chi connectivity index (χ3n) is 5.26. The number of benzene rings is 2. The van der Waals surface area contributed by atoms with Crippen LogP contribution in [0.5, 0.6) is 5.75 Å². The summed E-state index contributed by atoms with van der Waals surface area (Å²) in [5, 5.41) is 6.40. The Balaban J connectivity index is 1.70. The van der Waals surface area contributed by atoms with Crippen LogP contribution in [-0.4, -0.2) is 32.4 Å². The molecular weight excluding hydrogens is 364 g/mol. The summed E-state index contributed by atoms with van der Waals surface area (Å²) < 4.78 is 11.4. The second-order valence-corrected chi connectivity index (χ2v) is 7.55. The number of amides is 1. The lowest BCUT2D eigenvalue weighted by molar-refractivity contribution is 0.142. The van der Waals surface area contributed by atoms with Crippen molar-refractivity contribution in [3.63, 3.8) is 0 Å². The van der Waals surface area contributed by atoms with Crippen LogP contribution in [0.2, 0.25) is 0 Å². The Labute approximate surface area is 173 Å². The maximum absolute atomic E-state index is 12.3. The first-order valence-electron chi connectivity index (χ1n) is 10.7. The lowest BCUT2D eigenvalue weighted by Gasteiger charge is -2.23. The highest BCUT2D eigenvalue weighted by Gasteiger charge is 2.19. The fraction of sp³-hybridized carbons (Fsp3) is 0.458. The molecule has 0 spiro atoms. The fourth-order valence-corrected chi connectivity index (χ4v) is 3.52. The third kappa shape index (κ3) is 6.79. The molecule has 156 valence electrons. The number of carbonyl (C=O) groups excluding carboxylic acids is 1. The van der Waals surface area contributed by atoms with Crippen molar-refractivity contribution in [1.82, 2.24) is 10.6 Å². The summed E-state index contributed by atoms with van der Waals surface area (Å²) in [6.45, 7) is 5.36. The van der Waals surface area contributed by atoms with Crippen molar-refractivity contribution in [1.29, 1.82) is 0 Å². The maximum Gasteiger partial charge on any atom is 0.407 e. The lowest BCUT2D eigenvalue weighted by atomic mass is 9.98. The van der Waals surface area contributed by atoms with Crippen molar-refractivity contribution in [3.05, 3.63) is 65.7 Å². The second-order valence-electron chi connectivity index (χ2n) is 7.55. The summed E-state index contributed by atoms with van der Waals surface area (Å²) in [4.78, 5) is 12.3. The highest BCUT2D eigenvalue weighted by molar-refractivity contribution is 5.68. The molecule has 0 saturated carbocycles.